The first-order valence-corrected chi connectivity index (χ1v) is 11.4. The number of carbonyl (C=O) groups excluding carboxylic acids is 1. The second-order valence-electron chi connectivity index (χ2n) is 7.43. The Balaban J connectivity index is 2.05. The van der Waals surface area contributed by atoms with Crippen LogP contribution in [0.5, 0.6) is 5.75 Å². The van der Waals surface area contributed by atoms with E-state index in [1.807, 2.05) is 58.0 Å². The third kappa shape index (κ3) is 5.97. The van der Waals surface area contributed by atoms with Gasteiger partial charge >= 0.3 is 0 Å². The van der Waals surface area contributed by atoms with Crippen molar-refractivity contribution in [3.63, 3.8) is 0 Å². The fraction of sp³-hybridized carbons (Fsp3) is 0.409. The number of ether oxygens (including phenoxy) is 1. The van der Waals surface area contributed by atoms with Crippen molar-refractivity contribution in [3.05, 3.63) is 58.7 Å². The van der Waals surface area contributed by atoms with E-state index in [1.165, 1.54) is 4.31 Å². The monoisotopic (exact) mass is 418 g/mol. The minimum atomic E-state index is -3.64. The Bertz CT molecular complexity index is 986. The molecule has 0 aromatic heterocycles. The molecule has 0 saturated carbocycles. The third-order valence-electron chi connectivity index (χ3n) is 4.68. The van der Waals surface area contributed by atoms with Gasteiger partial charge in [-0.1, -0.05) is 29.8 Å². The fourth-order valence-electron chi connectivity index (χ4n) is 3.18. The van der Waals surface area contributed by atoms with Crippen LogP contribution >= 0.6 is 0 Å². The number of aryl methyl sites for hydroxylation is 4. The number of carbonyl (C=O) groups is 1. The van der Waals surface area contributed by atoms with Crippen molar-refractivity contribution in [3.8, 4) is 5.75 Å². The van der Waals surface area contributed by atoms with Crippen molar-refractivity contribution in [2.75, 3.05) is 23.7 Å². The van der Waals surface area contributed by atoms with Crippen LogP contribution in [0.2, 0.25) is 0 Å². The first kappa shape index (κ1) is 22.7. The Morgan fingerprint density at radius 3 is 2.28 bits per heavy atom. The maximum atomic E-state index is 12.7. The van der Waals surface area contributed by atoms with E-state index in [9.17, 15) is 13.2 Å². The van der Waals surface area contributed by atoms with Crippen LogP contribution in [-0.2, 0) is 14.8 Å². The van der Waals surface area contributed by atoms with Gasteiger partial charge in [0.1, 0.15) is 18.4 Å². The molecule has 29 heavy (non-hydrogen) atoms. The molecule has 2 aromatic rings. The molecule has 0 spiro atoms. The van der Waals surface area contributed by atoms with Gasteiger partial charge in [0.05, 0.1) is 18.5 Å². The molecular weight excluding hydrogens is 388 g/mol. The first-order valence-electron chi connectivity index (χ1n) is 9.55. The van der Waals surface area contributed by atoms with Crippen LogP contribution < -0.4 is 14.4 Å². The summed E-state index contributed by atoms with van der Waals surface area (Å²) in [4.78, 5) is 12.7. The Labute approximate surface area is 173 Å². The molecule has 1 unspecified atom stereocenters. The second kappa shape index (κ2) is 9.31. The lowest BCUT2D eigenvalue weighted by Crippen LogP contribution is -2.48. The second-order valence-corrected chi connectivity index (χ2v) is 9.29. The third-order valence-corrected chi connectivity index (χ3v) is 5.91. The highest BCUT2D eigenvalue weighted by Crippen LogP contribution is 2.26. The summed E-state index contributed by atoms with van der Waals surface area (Å²) >= 11 is 0. The van der Waals surface area contributed by atoms with E-state index in [2.05, 4.69) is 5.32 Å². The van der Waals surface area contributed by atoms with Gasteiger partial charge in [0.15, 0.2) is 0 Å². The molecule has 0 bridgehead atoms. The zero-order valence-electron chi connectivity index (χ0n) is 17.9. The molecule has 0 aliphatic heterocycles. The maximum absolute atomic E-state index is 12.7. The summed E-state index contributed by atoms with van der Waals surface area (Å²) in [6.45, 7) is 9.86. The largest absolute Gasteiger partial charge is 0.491 e. The molecule has 0 saturated heterocycles. The quantitative estimate of drug-likeness (QED) is 0.668. The zero-order valence-corrected chi connectivity index (χ0v) is 18.8. The summed E-state index contributed by atoms with van der Waals surface area (Å²) in [5.41, 5.74) is 4.42. The maximum Gasteiger partial charge on any atom is 0.243 e. The number of hydrogen-bond acceptors (Lipinski definition) is 4. The molecule has 0 aliphatic carbocycles. The van der Waals surface area contributed by atoms with Gasteiger partial charge in [-0.25, -0.2) is 8.42 Å². The molecule has 2 aromatic carbocycles. The number of nitrogens with one attached hydrogen (secondary N) is 1. The van der Waals surface area contributed by atoms with Crippen molar-refractivity contribution in [2.45, 2.75) is 40.7 Å². The Kier molecular flexibility index (Phi) is 7.30. The predicted molar refractivity (Wildman–Crippen MR) is 117 cm³/mol. The number of sulfonamides is 1. The normalized spacial score (nSPS) is 12.3. The number of anilines is 1. The number of amides is 1. The summed E-state index contributed by atoms with van der Waals surface area (Å²) in [6, 6.07) is 10.6. The summed E-state index contributed by atoms with van der Waals surface area (Å²) in [6.07, 6.45) is 1.11. The van der Waals surface area contributed by atoms with Crippen LogP contribution in [0.4, 0.5) is 5.69 Å². The van der Waals surface area contributed by atoms with E-state index in [0.29, 0.717) is 12.3 Å². The lowest BCUT2D eigenvalue weighted by molar-refractivity contribution is -0.121. The van der Waals surface area contributed by atoms with E-state index < -0.39 is 16.1 Å². The lowest BCUT2D eigenvalue weighted by Gasteiger charge is -2.29. The summed E-state index contributed by atoms with van der Waals surface area (Å²) in [5.74, 6) is 0.395. The molecule has 0 fully saturated rings. The van der Waals surface area contributed by atoms with E-state index in [0.717, 1.165) is 34.3 Å². The first-order chi connectivity index (χ1) is 13.5. The Hall–Kier alpha value is -2.54. The van der Waals surface area contributed by atoms with Gasteiger partial charge in [-0.2, -0.15) is 0 Å². The summed E-state index contributed by atoms with van der Waals surface area (Å²) < 4.78 is 31.8. The van der Waals surface area contributed by atoms with Gasteiger partial charge in [-0.15, -0.1) is 0 Å². The van der Waals surface area contributed by atoms with Gasteiger partial charge in [0, 0.05) is 0 Å². The molecule has 0 aliphatic rings. The van der Waals surface area contributed by atoms with Gasteiger partial charge in [-0.3, -0.25) is 9.10 Å². The Morgan fingerprint density at radius 1 is 1.03 bits per heavy atom. The SMILES string of the molecule is Cc1ccc(OCCNC(=O)C(C)N(c2cc(C)ccc2C)S(C)(=O)=O)c(C)c1. The van der Waals surface area contributed by atoms with Gasteiger partial charge < -0.3 is 10.1 Å². The number of rotatable bonds is 8. The molecule has 1 atom stereocenters. The van der Waals surface area contributed by atoms with Crippen molar-refractivity contribution < 1.29 is 17.9 Å². The molecule has 0 heterocycles. The minimum Gasteiger partial charge on any atom is -0.491 e. The molecule has 7 heteroatoms. The van der Waals surface area contributed by atoms with Crippen molar-refractivity contribution in [1.82, 2.24) is 5.32 Å². The zero-order chi connectivity index (χ0) is 21.8. The molecule has 1 amide bonds. The summed E-state index contributed by atoms with van der Waals surface area (Å²) in [5, 5.41) is 2.77. The van der Waals surface area contributed by atoms with E-state index in [1.54, 1.807) is 13.0 Å². The van der Waals surface area contributed by atoms with Gasteiger partial charge in [0.25, 0.3) is 0 Å². The van der Waals surface area contributed by atoms with Crippen molar-refractivity contribution in [1.29, 1.82) is 0 Å². The number of hydrogen-bond donors (Lipinski definition) is 1. The van der Waals surface area contributed by atoms with Crippen LogP contribution in [0.1, 0.15) is 29.2 Å². The summed E-state index contributed by atoms with van der Waals surface area (Å²) in [7, 11) is -3.64. The standard InChI is InChI=1S/C22H30N2O4S/c1-15-8-10-21(18(4)13-15)28-12-11-23-22(25)19(5)24(29(6,26)27)20-14-16(2)7-9-17(20)3/h7-10,13-14,19H,11-12H2,1-6H3,(H,23,25). The highest BCUT2D eigenvalue weighted by atomic mass is 32.2. The van der Waals surface area contributed by atoms with E-state index in [4.69, 9.17) is 4.74 Å². The molecule has 2 rings (SSSR count). The molecular formula is C22H30N2O4S. The average Bonchev–Trinajstić information content (AvgIpc) is 2.61. The van der Waals surface area contributed by atoms with Crippen LogP contribution in [0.3, 0.4) is 0 Å². The van der Waals surface area contributed by atoms with Crippen LogP contribution in [-0.4, -0.2) is 39.8 Å². The van der Waals surface area contributed by atoms with Gasteiger partial charge in [-0.05, 0) is 63.4 Å². The van der Waals surface area contributed by atoms with Crippen molar-refractivity contribution in [2.24, 2.45) is 0 Å². The molecule has 1 N–H and O–H groups in total. The highest BCUT2D eigenvalue weighted by Gasteiger charge is 2.30. The van der Waals surface area contributed by atoms with Crippen LogP contribution in [0, 0.1) is 27.7 Å². The molecule has 6 nitrogen and oxygen atoms in total. The van der Waals surface area contributed by atoms with Crippen LogP contribution in [0.25, 0.3) is 0 Å². The van der Waals surface area contributed by atoms with Crippen LogP contribution in [0.15, 0.2) is 36.4 Å². The number of benzene rings is 2. The van der Waals surface area contributed by atoms with Gasteiger partial charge in [0.2, 0.25) is 15.9 Å². The smallest absolute Gasteiger partial charge is 0.243 e. The Morgan fingerprint density at radius 2 is 1.66 bits per heavy atom. The molecule has 0 radical (unpaired) electrons. The average molecular weight is 419 g/mol. The highest BCUT2D eigenvalue weighted by molar-refractivity contribution is 7.92. The molecule has 158 valence electrons. The predicted octanol–water partition coefficient (Wildman–Crippen LogP) is 3.27. The van der Waals surface area contributed by atoms with E-state index >= 15 is 0 Å². The van der Waals surface area contributed by atoms with Crippen molar-refractivity contribution >= 4 is 21.6 Å². The van der Waals surface area contributed by atoms with E-state index in [-0.39, 0.29) is 12.5 Å². The topological polar surface area (TPSA) is 75.7 Å². The number of nitrogens with zero attached hydrogens (tertiary/aromatic N) is 1. The lowest BCUT2D eigenvalue weighted by atomic mass is 10.1. The fourth-order valence-corrected chi connectivity index (χ4v) is 4.41. The minimum absolute atomic E-state index is 0.279.